The van der Waals surface area contributed by atoms with Gasteiger partial charge in [-0.1, -0.05) is 18.2 Å². The molecule has 3 aromatic rings. The first-order chi connectivity index (χ1) is 12.6. The van der Waals surface area contributed by atoms with Gasteiger partial charge in [0.25, 0.3) is 0 Å². The lowest BCUT2D eigenvalue weighted by Crippen LogP contribution is -2.27. The number of sulfonamides is 1. The van der Waals surface area contributed by atoms with Crippen LogP contribution in [0.2, 0.25) is 0 Å². The minimum absolute atomic E-state index is 0.248. The highest BCUT2D eigenvalue weighted by molar-refractivity contribution is 9.10. The van der Waals surface area contributed by atoms with Gasteiger partial charge in [-0.2, -0.15) is 4.31 Å². The standard InChI is InChI=1S/C18H16BrN3O3S/c19-16-9-2-1-8-15(16)18-21-20-17(25-18)13-6-5-7-14(12-13)26(23,24)22-10-3-4-11-22/h1-2,5-9,12H,3-4,10-11H2. The molecule has 2 aromatic carbocycles. The van der Waals surface area contributed by atoms with Gasteiger partial charge < -0.3 is 4.42 Å². The second-order valence-corrected chi connectivity index (χ2v) is 8.82. The van der Waals surface area contributed by atoms with Crippen molar-refractivity contribution in [1.29, 1.82) is 0 Å². The topological polar surface area (TPSA) is 76.3 Å². The third-order valence-corrected chi connectivity index (χ3v) is 6.90. The first kappa shape index (κ1) is 17.4. The van der Waals surface area contributed by atoms with E-state index in [9.17, 15) is 8.42 Å². The van der Waals surface area contributed by atoms with Gasteiger partial charge in [-0.25, -0.2) is 8.42 Å². The van der Waals surface area contributed by atoms with E-state index >= 15 is 0 Å². The summed E-state index contributed by atoms with van der Waals surface area (Å²) in [7, 11) is -3.49. The lowest BCUT2D eigenvalue weighted by Gasteiger charge is -2.15. The summed E-state index contributed by atoms with van der Waals surface area (Å²) in [6.07, 6.45) is 1.80. The van der Waals surface area contributed by atoms with E-state index in [1.54, 1.807) is 24.3 Å². The Bertz CT molecular complexity index is 1040. The molecule has 0 saturated carbocycles. The van der Waals surface area contributed by atoms with Gasteiger partial charge in [0.05, 0.1) is 10.5 Å². The maximum absolute atomic E-state index is 12.7. The molecule has 8 heteroatoms. The van der Waals surface area contributed by atoms with Gasteiger partial charge in [0, 0.05) is 23.1 Å². The minimum atomic E-state index is -3.49. The molecule has 2 heterocycles. The average Bonchev–Trinajstić information content (AvgIpc) is 3.35. The van der Waals surface area contributed by atoms with Crippen LogP contribution in [0.4, 0.5) is 0 Å². The van der Waals surface area contributed by atoms with Crippen LogP contribution in [0, 0.1) is 0 Å². The summed E-state index contributed by atoms with van der Waals surface area (Å²) in [6, 6.07) is 14.2. The molecular formula is C18H16BrN3O3S. The van der Waals surface area contributed by atoms with Gasteiger partial charge >= 0.3 is 0 Å². The lowest BCUT2D eigenvalue weighted by molar-refractivity contribution is 0.477. The van der Waals surface area contributed by atoms with Crippen LogP contribution in [0.5, 0.6) is 0 Å². The molecule has 0 amide bonds. The highest BCUT2D eigenvalue weighted by Gasteiger charge is 2.27. The van der Waals surface area contributed by atoms with Crippen LogP contribution in [-0.2, 0) is 10.0 Å². The van der Waals surface area contributed by atoms with Crippen LogP contribution in [-0.4, -0.2) is 36.0 Å². The molecule has 0 spiro atoms. The van der Waals surface area contributed by atoms with Crippen molar-refractivity contribution in [2.75, 3.05) is 13.1 Å². The van der Waals surface area contributed by atoms with Crippen molar-refractivity contribution in [2.45, 2.75) is 17.7 Å². The van der Waals surface area contributed by atoms with E-state index in [0.717, 1.165) is 22.9 Å². The van der Waals surface area contributed by atoms with Crippen LogP contribution < -0.4 is 0 Å². The summed E-state index contributed by atoms with van der Waals surface area (Å²) in [5, 5.41) is 8.17. The van der Waals surface area contributed by atoms with Gasteiger partial charge in [-0.05, 0) is 59.1 Å². The molecule has 0 atom stereocenters. The molecule has 1 aliphatic rings. The fourth-order valence-corrected chi connectivity index (χ4v) is 4.97. The van der Waals surface area contributed by atoms with Crippen LogP contribution in [0.25, 0.3) is 22.9 Å². The molecule has 6 nitrogen and oxygen atoms in total. The number of aromatic nitrogens is 2. The summed E-state index contributed by atoms with van der Waals surface area (Å²) >= 11 is 3.46. The maximum atomic E-state index is 12.7. The van der Waals surface area contributed by atoms with Crippen LogP contribution >= 0.6 is 15.9 Å². The molecule has 1 fully saturated rings. The normalized spacial score (nSPS) is 15.4. The Morgan fingerprint density at radius 2 is 1.69 bits per heavy atom. The van der Waals surface area contributed by atoms with E-state index in [2.05, 4.69) is 26.1 Å². The predicted octanol–water partition coefficient (Wildman–Crippen LogP) is 3.95. The quantitative estimate of drug-likeness (QED) is 0.622. The van der Waals surface area contributed by atoms with Crippen molar-refractivity contribution >= 4 is 26.0 Å². The molecule has 0 N–H and O–H groups in total. The summed E-state index contributed by atoms with van der Waals surface area (Å²) in [5.74, 6) is 0.662. The number of rotatable bonds is 4. The zero-order valence-corrected chi connectivity index (χ0v) is 16.2. The van der Waals surface area contributed by atoms with Crippen molar-refractivity contribution in [3.8, 4) is 22.9 Å². The summed E-state index contributed by atoms with van der Waals surface area (Å²) in [4.78, 5) is 0.248. The van der Waals surface area contributed by atoms with Gasteiger partial charge in [0.2, 0.25) is 21.8 Å². The Morgan fingerprint density at radius 1 is 0.962 bits per heavy atom. The molecule has 0 unspecified atom stereocenters. The highest BCUT2D eigenvalue weighted by atomic mass is 79.9. The number of nitrogens with zero attached hydrogens (tertiary/aromatic N) is 3. The lowest BCUT2D eigenvalue weighted by atomic mass is 10.2. The fraction of sp³-hybridized carbons (Fsp3) is 0.222. The maximum Gasteiger partial charge on any atom is 0.249 e. The molecule has 1 aromatic heterocycles. The fourth-order valence-electron chi connectivity index (χ4n) is 2.95. The second kappa shape index (κ2) is 6.94. The molecule has 4 rings (SSSR count). The van der Waals surface area contributed by atoms with E-state index in [-0.39, 0.29) is 10.8 Å². The van der Waals surface area contributed by atoms with Crippen molar-refractivity contribution < 1.29 is 12.8 Å². The molecule has 0 bridgehead atoms. The molecule has 1 saturated heterocycles. The smallest absolute Gasteiger partial charge is 0.249 e. The Hall–Kier alpha value is -2.03. The van der Waals surface area contributed by atoms with E-state index in [1.807, 2.05) is 24.3 Å². The molecular weight excluding hydrogens is 418 g/mol. The van der Waals surface area contributed by atoms with Gasteiger partial charge in [-0.15, -0.1) is 10.2 Å². The van der Waals surface area contributed by atoms with E-state index < -0.39 is 10.0 Å². The van der Waals surface area contributed by atoms with Crippen molar-refractivity contribution in [3.63, 3.8) is 0 Å². The largest absolute Gasteiger partial charge is 0.416 e. The predicted molar refractivity (Wildman–Crippen MR) is 101 cm³/mol. The molecule has 26 heavy (non-hydrogen) atoms. The van der Waals surface area contributed by atoms with Crippen LogP contribution in [0.15, 0.2) is 62.3 Å². The average molecular weight is 434 g/mol. The van der Waals surface area contributed by atoms with Crippen LogP contribution in [0.3, 0.4) is 0 Å². The van der Waals surface area contributed by atoms with Gasteiger partial charge in [0.15, 0.2) is 0 Å². The molecule has 1 aliphatic heterocycles. The number of hydrogen-bond donors (Lipinski definition) is 0. The summed E-state index contributed by atoms with van der Waals surface area (Å²) in [5.41, 5.74) is 1.36. The SMILES string of the molecule is O=S(=O)(c1cccc(-c2nnc(-c3ccccc3Br)o2)c1)N1CCCC1. The zero-order valence-electron chi connectivity index (χ0n) is 13.8. The van der Waals surface area contributed by atoms with Crippen molar-refractivity contribution in [3.05, 3.63) is 53.0 Å². The third-order valence-electron chi connectivity index (χ3n) is 4.31. The van der Waals surface area contributed by atoms with Gasteiger partial charge in [0.1, 0.15) is 0 Å². The van der Waals surface area contributed by atoms with Gasteiger partial charge in [-0.3, -0.25) is 0 Å². The Labute approximate surface area is 160 Å². The third kappa shape index (κ3) is 3.20. The number of halogens is 1. The molecule has 0 radical (unpaired) electrons. The Kier molecular flexibility index (Phi) is 4.64. The van der Waals surface area contributed by atoms with Crippen molar-refractivity contribution in [2.24, 2.45) is 0 Å². The van der Waals surface area contributed by atoms with Crippen molar-refractivity contribution in [1.82, 2.24) is 14.5 Å². The highest BCUT2D eigenvalue weighted by Crippen LogP contribution is 2.30. The molecule has 134 valence electrons. The zero-order chi connectivity index (χ0) is 18.1. The monoisotopic (exact) mass is 433 g/mol. The molecule has 0 aliphatic carbocycles. The van der Waals surface area contributed by atoms with E-state index in [4.69, 9.17) is 4.42 Å². The number of hydrogen-bond acceptors (Lipinski definition) is 5. The summed E-state index contributed by atoms with van der Waals surface area (Å²) < 4.78 is 33.6. The van der Waals surface area contributed by atoms with Crippen LogP contribution in [0.1, 0.15) is 12.8 Å². The first-order valence-electron chi connectivity index (χ1n) is 8.25. The van der Waals surface area contributed by atoms with E-state index in [0.29, 0.717) is 24.5 Å². The second-order valence-electron chi connectivity index (χ2n) is 6.03. The Morgan fingerprint density at radius 3 is 2.46 bits per heavy atom. The Balaban J connectivity index is 1.69. The van der Waals surface area contributed by atoms with E-state index in [1.165, 1.54) is 4.31 Å². The first-order valence-corrected chi connectivity index (χ1v) is 10.5. The minimum Gasteiger partial charge on any atom is -0.416 e. The number of benzene rings is 2. The summed E-state index contributed by atoms with van der Waals surface area (Å²) in [6.45, 7) is 1.14.